The second-order valence-corrected chi connectivity index (χ2v) is 10.8. The van der Waals surface area contributed by atoms with Gasteiger partial charge in [0, 0.05) is 49.0 Å². The number of benzene rings is 1. The van der Waals surface area contributed by atoms with Gasteiger partial charge in [0.15, 0.2) is 11.5 Å². The van der Waals surface area contributed by atoms with Gasteiger partial charge in [-0.15, -0.1) is 0 Å². The SMILES string of the molecule is COc1ccc(C2=NN(C3CCN(C(=O)CCSCCNC(=O)O)CC3)C(=O)[C@@H]3CC=CC[C@H]23)cc1OC. The summed E-state index contributed by atoms with van der Waals surface area (Å²) in [6.07, 6.45) is 6.44. The molecule has 206 valence electrons. The minimum absolute atomic E-state index is 0.0201. The van der Waals surface area contributed by atoms with Gasteiger partial charge in [-0.1, -0.05) is 12.2 Å². The first-order chi connectivity index (χ1) is 18.4. The molecule has 1 aromatic rings. The van der Waals surface area contributed by atoms with Gasteiger partial charge in [0.05, 0.1) is 31.9 Å². The number of nitrogens with one attached hydrogen (secondary N) is 1. The van der Waals surface area contributed by atoms with Crippen molar-refractivity contribution in [2.24, 2.45) is 16.9 Å². The van der Waals surface area contributed by atoms with Gasteiger partial charge in [0.25, 0.3) is 0 Å². The Balaban J connectivity index is 1.41. The van der Waals surface area contributed by atoms with Crippen molar-refractivity contribution in [3.05, 3.63) is 35.9 Å². The molecule has 0 radical (unpaired) electrons. The van der Waals surface area contributed by atoms with Crippen LogP contribution in [-0.2, 0) is 9.59 Å². The summed E-state index contributed by atoms with van der Waals surface area (Å²) in [6, 6.07) is 5.72. The molecule has 2 atom stereocenters. The van der Waals surface area contributed by atoms with Crippen LogP contribution in [0.2, 0.25) is 0 Å². The molecule has 2 heterocycles. The second kappa shape index (κ2) is 13.0. The Hall–Kier alpha value is -3.21. The van der Waals surface area contributed by atoms with Gasteiger partial charge in [-0.2, -0.15) is 16.9 Å². The van der Waals surface area contributed by atoms with Crippen LogP contribution in [0.1, 0.15) is 37.7 Å². The third-order valence-electron chi connectivity index (χ3n) is 7.37. The highest BCUT2D eigenvalue weighted by Gasteiger charge is 2.43. The lowest BCUT2D eigenvalue weighted by molar-refractivity contribution is -0.142. The predicted octanol–water partition coefficient (Wildman–Crippen LogP) is 3.21. The van der Waals surface area contributed by atoms with Gasteiger partial charge in [0.2, 0.25) is 11.8 Å². The standard InChI is InChI=1S/C27H36N4O6S/c1-36-22-8-7-18(17-23(22)37-2)25-20-5-3-4-6-21(20)26(33)31(29-25)19-9-13-30(14-10-19)24(32)11-15-38-16-12-28-27(34)35/h3-4,7-8,17,19-21,28H,5-6,9-16H2,1-2H3,(H,34,35)/t20-,21+/m0/s1. The summed E-state index contributed by atoms with van der Waals surface area (Å²) in [5.74, 6) is 2.60. The summed E-state index contributed by atoms with van der Waals surface area (Å²) >= 11 is 1.56. The molecule has 1 aromatic carbocycles. The molecule has 0 unspecified atom stereocenters. The van der Waals surface area contributed by atoms with E-state index in [1.807, 2.05) is 23.1 Å². The van der Waals surface area contributed by atoms with Crippen molar-refractivity contribution in [2.45, 2.75) is 38.1 Å². The number of rotatable bonds is 10. The Morgan fingerprint density at radius 1 is 1.08 bits per heavy atom. The average molecular weight is 545 g/mol. The summed E-state index contributed by atoms with van der Waals surface area (Å²) in [4.78, 5) is 38.6. The first-order valence-corrected chi connectivity index (χ1v) is 14.2. The Morgan fingerprint density at radius 2 is 1.79 bits per heavy atom. The molecule has 2 N–H and O–H groups in total. The lowest BCUT2D eigenvalue weighted by atomic mass is 9.76. The zero-order valence-corrected chi connectivity index (χ0v) is 22.7. The van der Waals surface area contributed by atoms with E-state index in [1.54, 1.807) is 31.0 Å². The number of nitrogens with zero attached hydrogens (tertiary/aromatic N) is 3. The van der Waals surface area contributed by atoms with Crippen LogP contribution in [0.3, 0.4) is 0 Å². The number of ether oxygens (including phenoxy) is 2. The molecule has 0 aromatic heterocycles. The number of carbonyl (C=O) groups excluding carboxylic acids is 2. The molecule has 1 fully saturated rings. The Kier molecular flexibility index (Phi) is 9.54. The molecule has 10 nitrogen and oxygen atoms in total. The van der Waals surface area contributed by atoms with Gasteiger partial charge >= 0.3 is 6.09 Å². The fourth-order valence-electron chi connectivity index (χ4n) is 5.34. The zero-order valence-electron chi connectivity index (χ0n) is 21.9. The van der Waals surface area contributed by atoms with Crippen LogP contribution in [0.25, 0.3) is 0 Å². The van der Waals surface area contributed by atoms with Crippen LogP contribution < -0.4 is 14.8 Å². The molecule has 0 saturated carbocycles. The maximum absolute atomic E-state index is 13.6. The van der Waals surface area contributed by atoms with E-state index in [1.165, 1.54) is 0 Å². The molecule has 0 spiro atoms. The van der Waals surface area contributed by atoms with Gasteiger partial charge in [-0.3, -0.25) is 9.59 Å². The lowest BCUT2D eigenvalue weighted by Gasteiger charge is -2.42. The quantitative estimate of drug-likeness (QED) is 0.343. The number of carboxylic acid groups (broad SMARTS) is 1. The van der Waals surface area contributed by atoms with E-state index in [9.17, 15) is 14.4 Å². The smallest absolute Gasteiger partial charge is 0.404 e. The highest BCUT2D eigenvalue weighted by molar-refractivity contribution is 7.99. The van der Waals surface area contributed by atoms with Gasteiger partial charge in [-0.25, -0.2) is 9.80 Å². The Bertz CT molecular complexity index is 1090. The normalized spacial score (nSPS) is 21.5. The summed E-state index contributed by atoms with van der Waals surface area (Å²) in [6.45, 7) is 1.55. The predicted molar refractivity (Wildman–Crippen MR) is 146 cm³/mol. The molecule has 4 rings (SSSR count). The molecular formula is C27H36N4O6S. The van der Waals surface area contributed by atoms with E-state index in [0.29, 0.717) is 68.3 Å². The Labute approximate surface area is 227 Å². The first-order valence-electron chi connectivity index (χ1n) is 13.0. The number of carbonyl (C=O) groups is 3. The van der Waals surface area contributed by atoms with E-state index in [2.05, 4.69) is 17.5 Å². The van der Waals surface area contributed by atoms with Crippen molar-refractivity contribution in [3.63, 3.8) is 0 Å². The highest BCUT2D eigenvalue weighted by atomic mass is 32.2. The van der Waals surface area contributed by atoms with Gasteiger partial charge in [0.1, 0.15) is 0 Å². The summed E-state index contributed by atoms with van der Waals surface area (Å²) < 4.78 is 10.9. The fourth-order valence-corrected chi connectivity index (χ4v) is 6.11. The number of methoxy groups -OCH3 is 2. The van der Waals surface area contributed by atoms with E-state index in [0.717, 1.165) is 17.7 Å². The van der Waals surface area contributed by atoms with E-state index in [4.69, 9.17) is 19.7 Å². The number of amides is 3. The first kappa shape index (κ1) is 27.8. The lowest BCUT2D eigenvalue weighted by Crippen LogP contribution is -2.52. The van der Waals surface area contributed by atoms with E-state index < -0.39 is 6.09 Å². The monoisotopic (exact) mass is 544 g/mol. The zero-order chi connectivity index (χ0) is 27.1. The average Bonchev–Trinajstić information content (AvgIpc) is 2.94. The van der Waals surface area contributed by atoms with Crippen LogP contribution in [0.4, 0.5) is 4.79 Å². The molecule has 11 heteroatoms. The van der Waals surface area contributed by atoms with Crippen LogP contribution in [0.5, 0.6) is 11.5 Å². The Morgan fingerprint density at radius 3 is 2.47 bits per heavy atom. The minimum Gasteiger partial charge on any atom is -0.493 e. The molecule has 38 heavy (non-hydrogen) atoms. The van der Waals surface area contributed by atoms with Crippen molar-refractivity contribution < 1.29 is 29.0 Å². The number of thioether (sulfide) groups is 1. The fraction of sp³-hybridized carbons (Fsp3) is 0.556. The number of fused-ring (bicyclic) bond motifs is 1. The van der Waals surface area contributed by atoms with Crippen molar-refractivity contribution in [3.8, 4) is 11.5 Å². The number of allylic oxidation sites excluding steroid dienone is 2. The van der Waals surface area contributed by atoms with Crippen LogP contribution in [-0.4, -0.2) is 90.0 Å². The van der Waals surface area contributed by atoms with Gasteiger partial charge < -0.3 is 24.8 Å². The summed E-state index contributed by atoms with van der Waals surface area (Å²) in [5, 5.41) is 17.6. The third kappa shape index (κ3) is 6.43. The van der Waals surface area contributed by atoms with Crippen molar-refractivity contribution in [1.82, 2.24) is 15.2 Å². The van der Waals surface area contributed by atoms with Crippen LogP contribution in [0.15, 0.2) is 35.5 Å². The summed E-state index contributed by atoms with van der Waals surface area (Å²) in [5.41, 5.74) is 1.82. The molecular weight excluding hydrogens is 508 g/mol. The van der Waals surface area contributed by atoms with Crippen molar-refractivity contribution in [2.75, 3.05) is 45.4 Å². The number of hydrogen-bond donors (Lipinski definition) is 2. The largest absolute Gasteiger partial charge is 0.493 e. The maximum atomic E-state index is 13.6. The molecule has 1 aliphatic carbocycles. The van der Waals surface area contributed by atoms with Crippen molar-refractivity contribution in [1.29, 1.82) is 0 Å². The van der Waals surface area contributed by atoms with Crippen LogP contribution in [0, 0.1) is 11.8 Å². The van der Waals surface area contributed by atoms with E-state index in [-0.39, 0.29) is 29.7 Å². The number of hydrogen-bond acceptors (Lipinski definition) is 7. The molecule has 3 aliphatic rings. The topological polar surface area (TPSA) is 121 Å². The number of likely N-dealkylation sites (tertiary alicyclic amines) is 1. The van der Waals surface area contributed by atoms with E-state index >= 15 is 0 Å². The molecule has 0 bridgehead atoms. The minimum atomic E-state index is -1.03. The molecule has 2 aliphatic heterocycles. The number of hydrazone groups is 1. The second-order valence-electron chi connectivity index (χ2n) is 9.60. The maximum Gasteiger partial charge on any atom is 0.404 e. The van der Waals surface area contributed by atoms with Crippen LogP contribution >= 0.6 is 11.8 Å². The summed E-state index contributed by atoms with van der Waals surface area (Å²) in [7, 11) is 3.21. The highest BCUT2D eigenvalue weighted by Crippen LogP contribution is 2.38. The molecule has 3 amide bonds. The van der Waals surface area contributed by atoms with Crippen molar-refractivity contribution >= 4 is 35.4 Å². The van der Waals surface area contributed by atoms with Gasteiger partial charge in [-0.05, 0) is 43.9 Å². The number of piperidine rings is 1. The molecule has 1 saturated heterocycles. The third-order valence-corrected chi connectivity index (χ3v) is 8.35.